The Morgan fingerprint density at radius 2 is 2.21 bits per heavy atom. The van der Waals surface area contributed by atoms with Crippen LogP contribution < -0.4 is 4.74 Å². The van der Waals surface area contributed by atoms with Gasteiger partial charge in [-0.3, -0.25) is 9.58 Å². The van der Waals surface area contributed by atoms with Gasteiger partial charge in [-0.25, -0.2) is 9.37 Å². The summed E-state index contributed by atoms with van der Waals surface area (Å²) in [6.07, 6.45) is 6.44. The van der Waals surface area contributed by atoms with Gasteiger partial charge in [-0.05, 0) is 24.3 Å². The summed E-state index contributed by atoms with van der Waals surface area (Å²) in [5.41, 5.74) is 2.19. The van der Waals surface area contributed by atoms with Crippen molar-refractivity contribution in [3.05, 3.63) is 66.3 Å². The van der Waals surface area contributed by atoms with E-state index in [1.165, 1.54) is 12.3 Å². The fourth-order valence-corrected chi connectivity index (χ4v) is 2.94. The van der Waals surface area contributed by atoms with E-state index in [2.05, 4.69) is 15.0 Å². The lowest BCUT2D eigenvalue weighted by Gasteiger charge is -2.23. The number of halogens is 1. The highest BCUT2D eigenvalue weighted by atomic mass is 19.1. The number of rotatable bonds is 4. The van der Waals surface area contributed by atoms with Gasteiger partial charge in [0.05, 0.1) is 24.8 Å². The quantitative estimate of drug-likeness (QED) is 0.736. The highest BCUT2D eigenvalue weighted by molar-refractivity contribution is 5.14. The van der Waals surface area contributed by atoms with Crippen LogP contribution >= 0.6 is 0 Å². The van der Waals surface area contributed by atoms with E-state index in [1.54, 1.807) is 24.8 Å². The monoisotopic (exact) mass is 328 g/mol. The molecule has 7 heteroatoms. The molecular formula is C17H17FN4O2. The first kappa shape index (κ1) is 14.9. The van der Waals surface area contributed by atoms with Crippen LogP contribution in [0.4, 0.5) is 4.39 Å². The minimum atomic E-state index is -0.455. The standard InChI is InChI=1S/C17H17FN4O2/c18-16-2-1-5-19-17(16)24-15-10-21(8-13-4-7-23-12-13)9-14-3-6-20-22(14)11-15/h1-7,12,15H,8-11H2/t15-/m1/s1. The molecule has 0 N–H and O–H groups in total. The molecule has 0 unspecified atom stereocenters. The third kappa shape index (κ3) is 3.16. The Labute approximate surface area is 138 Å². The Bertz CT molecular complexity index is 803. The number of nitrogens with zero attached hydrogens (tertiary/aromatic N) is 4. The summed E-state index contributed by atoms with van der Waals surface area (Å²) in [7, 11) is 0. The Hall–Kier alpha value is -2.67. The Morgan fingerprint density at radius 1 is 1.25 bits per heavy atom. The van der Waals surface area contributed by atoms with Crippen molar-refractivity contribution in [2.24, 2.45) is 0 Å². The van der Waals surface area contributed by atoms with Crippen molar-refractivity contribution >= 4 is 0 Å². The molecule has 1 aliphatic heterocycles. The van der Waals surface area contributed by atoms with Crippen molar-refractivity contribution in [1.82, 2.24) is 19.7 Å². The first-order valence-corrected chi connectivity index (χ1v) is 7.79. The highest BCUT2D eigenvalue weighted by Crippen LogP contribution is 2.20. The molecule has 3 aromatic heterocycles. The van der Waals surface area contributed by atoms with Gasteiger partial charge in [0.2, 0.25) is 0 Å². The van der Waals surface area contributed by atoms with Crippen LogP contribution in [-0.2, 0) is 19.6 Å². The zero-order valence-corrected chi connectivity index (χ0v) is 13.0. The second-order valence-corrected chi connectivity index (χ2v) is 5.84. The van der Waals surface area contributed by atoms with Gasteiger partial charge in [0, 0.05) is 37.6 Å². The van der Waals surface area contributed by atoms with Crippen molar-refractivity contribution in [3.63, 3.8) is 0 Å². The van der Waals surface area contributed by atoms with Gasteiger partial charge in [-0.1, -0.05) is 0 Å². The van der Waals surface area contributed by atoms with Crippen molar-refractivity contribution in [2.45, 2.75) is 25.7 Å². The van der Waals surface area contributed by atoms with Crippen LogP contribution in [0.1, 0.15) is 11.3 Å². The average Bonchev–Trinajstić information content (AvgIpc) is 3.19. The molecule has 3 aromatic rings. The third-order valence-electron chi connectivity index (χ3n) is 4.02. The first-order valence-electron chi connectivity index (χ1n) is 7.79. The number of pyridine rings is 1. The van der Waals surface area contributed by atoms with Gasteiger partial charge < -0.3 is 9.15 Å². The number of fused-ring (bicyclic) bond motifs is 1. The molecule has 0 saturated heterocycles. The predicted molar refractivity (Wildman–Crippen MR) is 83.7 cm³/mol. The highest BCUT2D eigenvalue weighted by Gasteiger charge is 2.25. The largest absolute Gasteiger partial charge is 0.472 e. The summed E-state index contributed by atoms with van der Waals surface area (Å²) in [5.74, 6) is -0.426. The van der Waals surface area contributed by atoms with Crippen molar-refractivity contribution in [3.8, 4) is 5.88 Å². The summed E-state index contributed by atoms with van der Waals surface area (Å²) in [5, 5.41) is 4.34. The molecule has 4 rings (SSSR count). The fraction of sp³-hybridized carbons (Fsp3) is 0.294. The minimum absolute atomic E-state index is 0.0290. The molecule has 0 bridgehead atoms. The van der Waals surface area contributed by atoms with Crippen molar-refractivity contribution < 1.29 is 13.5 Å². The molecular weight excluding hydrogens is 311 g/mol. The Kier molecular flexibility index (Phi) is 4.00. The first-order chi connectivity index (χ1) is 11.8. The van der Waals surface area contributed by atoms with E-state index in [1.807, 2.05) is 16.8 Å². The molecule has 0 spiro atoms. The number of ether oxygens (including phenoxy) is 1. The zero-order chi connectivity index (χ0) is 16.4. The maximum Gasteiger partial charge on any atom is 0.250 e. The van der Waals surface area contributed by atoms with E-state index in [-0.39, 0.29) is 12.0 Å². The molecule has 1 aliphatic rings. The molecule has 0 aliphatic carbocycles. The van der Waals surface area contributed by atoms with Crippen LogP contribution in [-0.4, -0.2) is 32.3 Å². The van der Waals surface area contributed by atoms with E-state index in [9.17, 15) is 4.39 Å². The number of furan rings is 1. The van der Waals surface area contributed by atoms with Gasteiger partial charge in [-0.15, -0.1) is 0 Å². The van der Waals surface area contributed by atoms with Crippen LogP contribution in [0.2, 0.25) is 0 Å². The van der Waals surface area contributed by atoms with E-state index in [4.69, 9.17) is 9.15 Å². The maximum absolute atomic E-state index is 13.8. The van der Waals surface area contributed by atoms with Crippen molar-refractivity contribution in [1.29, 1.82) is 0 Å². The van der Waals surface area contributed by atoms with Crippen LogP contribution in [0.3, 0.4) is 0 Å². The van der Waals surface area contributed by atoms with Gasteiger partial charge in [-0.2, -0.15) is 5.10 Å². The molecule has 124 valence electrons. The number of aromatic nitrogens is 3. The van der Waals surface area contributed by atoms with E-state index in [0.717, 1.165) is 24.3 Å². The summed E-state index contributed by atoms with van der Waals surface area (Å²) in [6, 6.07) is 6.83. The van der Waals surface area contributed by atoms with Gasteiger partial charge in [0.1, 0.15) is 6.10 Å². The molecule has 0 fully saturated rings. The molecule has 24 heavy (non-hydrogen) atoms. The van der Waals surface area contributed by atoms with Gasteiger partial charge >= 0.3 is 0 Å². The molecule has 0 radical (unpaired) electrons. The normalized spacial score (nSPS) is 18.1. The molecule has 0 saturated carbocycles. The molecule has 0 amide bonds. The van der Waals surface area contributed by atoms with E-state index in [0.29, 0.717) is 13.1 Å². The van der Waals surface area contributed by atoms with Gasteiger partial charge in [0.25, 0.3) is 5.88 Å². The topological polar surface area (TPSA) is 56.3 Å². The van der Waals surface area contributed by atoms with Crippen LogP contribution in [0, 0.1) is 5.82 Å². The van der Waals surface area contributed by atoms with E-state index >= 15 is 0 Å². The maximum atomic E-state index is 13.8. The summed E-state index contributed by atoms with van der Waals surface area (Å²) >= 11 is 0. The number of hydrogen-bond acceptors (Lipinski definition) is 5. The molecule has 6 nitrogen and oxygen atoms in total. The molecule has 0 aromatic carbocycles. The lowest BCUT2D eigenvalue weighted by molar-refractivity contribution is 0.113. The number of hydrogen-bond donors (Lipinski definition) is 0. The molecule has 4 heterocycles. The van der Waals surface area contributed by atoms with E-state index < -0.39 is 5.82 Å². The zero-order valence-electron chi connectivity index (χ0n) is 13.0. The Morgan fingerprint density at radius 3 is 3.04 bits per heavy atom. The Balaban J connectivity index is 1.56. The SMILES string of the molecule is Fc1cccnc1O[C@@H]1CN(Cc2ccoc2)Cc2ccnn2C1. The van der Waals surface area contributed by atoms with Crippen molar-refractivity contribution in [2.75, 3.05) is 6.54 Å². The third-order valence-corrected chi connectivity index (χ3v) is 4.02. The lowest BCUT2D eigenvalue weighted by atomic mass is 10.2. The van der Waals surface area contributed by atoms with Crippen LogP contribution in [0.15, 0.2) is 53.6 Å². The minimum Gasteiger partial charge on any atom is -0.472 e. The summed E-state index contributed by atoms with van der Waals surface area (Å²) < 4.78 is 26.7. The average molecular weight is 328 g/mol. The molecule has 1 atom stereocenters. The lowest BCUT2D eigenvalue weighted by Crippen LogP contribution is -2.35. The second kappa shape index (κ2) is 6.45. The second-order valence-electron chi connectivity index (χ2n) is 5.84. The van der Waals surface area contributed by atoms with Crippen LogP contribution in [0.5, 0.6) is 5.88 Å². The smallest absolute Gasteiger partial charge is 0.250 e. The fourth-order valence-electron chi connectivity index (χ4n) is 2.94. The summed E-state index contributed by atoms with van der Waals surface area (Å²) in [6.45, 7) is 2.67. The van der Waals surface area contributed by atoms with Crippen LogP contribution in [0.25, 0.3) is 0 Å². The summed E-state index contributed by atoms with van der Waals surface area (Å²) in [4.78, 5) is 6.22. The van der Waals surface area contributed by atoms with Gasteiger partial charge in [0.15, 0.2) is 5.82 Å². The predicted octanol–water partition coefficient (Wildman–Crippen LogP) is 2.47.